The van der Waals surface area contributed by atoms with Crippen molar-refractivity contribution in [2.24, 2.45) is 0 Å². The quantitative estimate of drug-likeness (QED) is 0.228. The van der Waals surface area contributed by atoms with Crippen molar-refractivity contribution in [1.82, 2.24) is 9.97 Å². The van der Waals surface area contributed by atoms with Gasteiger partial charge in [-0.05, 0) is 48.0 Å². The second kappa shape index (κ2) is 11.0. The molecule has 0 saturated heterocycles. The van der Waals surface area contributed by atoms with E-state index < -0.39 is 23.8 Å². The van der Waals surface area contributed by atoms with Gasteiger partial charge in [0.15, 0.2) is 5.82 Å². The van der Waals surface area contributed by atoms with Crippen molar-refractivity contribution in [3.63, 3.8) is 0 Å². The molecule has 0 unspecified atom stereocenters. The van der Waals surface area contributed by atoms with E-state index in [1.165, 1.54) is 30.3 Å². The Bertz CT molecular complexity index is 1900. The Balaban J connectivity index is 1.29. The molecule has 1 aromatic heterocycles. The average Bonchev–Trinajstić information content (AvgIpc) is 3.29. The van der Waals surface area contributed by atoms with Gasteiger partial charge < -0.3 is 14.9 Å². The third-order valence-corrected chi connectivity index (χ3v) is 6.88. The summed E-state index contributed by atoms with van der Waals surface area (Å²) in [5.41, 5.74) is 3.33. The number of aromatic nitrogens is 2. The highest BCUT2D eigenvalue weighted by atomic mass is 16.5. The number of aromatic carboxylic acids is 2. The summed E-state index contributed by atoms with van der Waals surface area (Å²) in [4.78, 5) is 58.9. The number of imide groups is 1. The van der Waals surface area contributed by atoms with E-state index in [2.05, 4.69) is 4.98 Å². The number of amides is 2. The van der Waals surface area contributed by atoms with Crippen LogP contribution in [0.2, 0.25) is 0 Å². The first-order valence-corrected chi connectivity index (χ1v) is 13.0. The lowest BCUT2D eigenvalue weighted by Gasteiger charge is -2.15. The Morgan fingerprint density at radius 1 is 0.674 bits per heavy atom. The molecule has 0 fully saturated rings. The molecule has 2 amide bonds. The molecule has 1 aliphatic heterocycles. The summed E-state index contributed by atoms with van der Waals surface area (Å²) in [7, 11) is 0. The van der Waals surface area contributed by atoms with Crippen LogP contribution in [0.25, 0.3) is 22.6 Å². The first-order valence-electron chi connectivity index (χ1n) is 13.0. The lowest BCUT2D eigenvalue weighted by molar-refractivity contribution is 0.0686. The lowest BCUT2D eigenvalue weighted by Crippen LogP contribution is -2.29. The molecule has 0 bridgehead atoms. The molecule has 1 aliphatic rings. The monoisotopic (exact) mass is 571 g/mol. The Morgan fingerprint density at radius 2 is 1.33 bits per heavy atom. The number of fused-ring (bicyclic) bond motifs is 1. The van der Waals surface area contributed by atoms with E-state index in [0.29, 0.717) is 28.6 Å². The van der Waals surface area contributed by atoms with Gasteiger partial charge in [0.2, 0.25) is 5.88 Å². The second-order valence-electron chi connectivity index (χ2n) is 9.63. The van der Waals surface area contributed by atoms with Crippen LogP contribution in [-0.4, -0.2) is 43.9 Å². The van der Waals surface area contributed by atoms with E-state index in [-0.39, 0.29) is 28.9 Å². The predicted molar refractivity (Wildman–Crippen MR) is 155 cm³/mol. The molecule has 0 radical (unpaired) electrons. The maximum atomic E-state index is 13.1. The zero-order valence-electron chi connectivity index (χ0n) is 22.3. The summed E-state index contributed by atoms with van der Waals surface area (Å²) in [5.74, 6) is -2.62. The van der Waals surface area contributed by atoms with Crippen molar-refractivity contribution in [3.8, 4) is 28.5 Å². The molecule has 6 rings (SSSR count). The number of hydrogen-bond acceptors (Lipinski definition) is 7. The van der Waals surface area contributed by atoms with Gasteiger partial charge in [-0.1, -0.05) is 54.6 Å². The normalized spacial score (nSPS) is 12.2. The molecule has 0 saturated carbocycles. The van der Waals surface area contributed by atoms with Gasteiger partial charge in [0.05, 0.1) is 33.6 Å². The van der Waals surface area contributed by atoms with Gasteiger partial charge in [-0.25, -0.2) is 19.5 Å². The molecule has 5 aromatic rings. The maximum absolute atomic E-state index is 13.1. The number of carbonyl (C=O) groups excluding carboxylic acids is 2. The van der Waals surface area contributed by atoms with Crippen LogP contribution in [0, 0.1) is 0 Å². The predicted octanol–water partition coefficient (Wildman–Crippen LogP) is 5.59. The summed E-state index contributed by atoms with van der Waals surface area (Å²) >= 11 is 0. The topological polar surface area (TPSA) is 147 Å². The molecule has 2 heterocycles. The molecule has 10 heteroatoms. The van der Waals surface area contributed by atoms with Gasteiger partial charge in [0.1, 0.15) is 6.61 Å². The molecule has 210 valence electrons. The minimum absolute atomic E-state index is 0.0386. The Hall–Kier alpha value is -6.16. The van der Waals surface area contributed by atoms with Crippen LogP contribution >= 0.6 is 0 Å². The number of ether oxygens (including phenoxy) is 1. The minimum Gasteiger partial charge on any atom is -0.478 e. The van der Waals surface area contributed by atoms with Gasteiger partial charge in [-0.3, -0.25) is 9.59 Å². The van der Waals surface area contributed by atoms with Crippen LogP contribution in [-0.2, 0) is 6.61 Å². The highest BCUT2D eigenvalue weighted by Gasteiger charge is 2.37. The number of hydrogen-bond donors (Lipinski definition) is 2. The van der Waals surface area contributed by atoms with Crippen molar-refractivity contribution < 1.29 is 34.1 Å². The number of carbonyl (C=O) groups is 4. The first-order chi connectivity index (χ1) is 20.8. The Morgan fingerprint density at radius 3 is 2.00 bits per heavy atom. The van der Waals surface area contributed by atoms with Crippen molar-refractivity contribution in [2.45, 2.75) is 6.61 Å². The first kappa shape index (κ1) is 27.0. The molecule has 10 nitrogen and oxygen atoms in total. The van der Waals surface area contributed by atoms with Crippen molar-refractivity contribution in [1.29, 1.82) is 0 Å². The van der Waals surface area contributed by atoms with Crippen LogP contribution in [0.5, 0.6) is 5.88 Å². The zero-order valence-corrected chi connectivity index (χ0v) is 22.3. The molecule has 0 atom stereocenters. The standard InChI is InChI=1S/C33H21N3O7/c37-30-25-15-12-23(33(41)42)16-26(25)31(38)36(30)24-13-10-20(11-14-24)27-17-28(35-29(34-27)21-4-2-1-3-5-21)43-18-19-6-8-22(9-7-19)32(39)40/h1-17H,18H2,(H,39,40)(H,41,42). The summed E-state index contributed by atoms with van der Waals surface area (Å²) in [6.07, 6.45) is 0. The van der Waals surface area contributed by atoms with E-state index in [1.807, 2.05) is 30.3 Å². The van der Waals surface area contributed by atoms with Crippen LogP contribution in [0.4, 0.5) is 5.69 Å². The maximum Gasteiger partial charge on any atom is 0.335 e. The highest BCUT2D eigenvalue weighted by Crippen LogP contribution is 2.32. The molecular weight excluding hydrogens is 550 g/mol. The summed E-state index contributed by atoms with van der Waals surface area (Å²) in [6, 6.07) is 27.9. The number of anilines is 1. The lowest BCUT2D eigenvalue weighted by atomic mass is 10.1. The Kier molecular flexibility index (Phi) is 6.93. The SMILES string of the molecule is O=C(O)c1ccc(COc2cc(-c3ccc(N4C(=O)c5ccc(C(=O)O)cc5C4=O)cc3)nc(-c3ccccc3)n2)cc1. The van der Waals surface area contributed by atoms with Crippen LogP contribution in [0.3, 0.4) is 0 Å². The number of rotatable bonds is 8. The molecule has 2 N–H and O–H groups in total. The van der Waals surface area contributed by atoms with Gasteiger partial charge in [-0.2, -0.15) is 4.98 Å². The summed E-state index contributed by atoms with van der Waals surface area (Å²) in [5, 5.41) is 18.4. The van der Waals surface area contributed by atoms with E-state index >= 15 is 0 Å². The summed E-state index contributed by atoms with van der Waals surface area (Å²) < 4.78 is 5.97. The van der Waals surface area contributed by atoms with Crippen molar-refractivity contribution in [2.75, 3.05) is 4.90 Å². The molecule has 43 heavy (non-hydrogen) atoms. The van der Waals surface area contributed by atoms with Crippen LogP contribution < -0.4 is 9.64 Å². The third-order valence-electron chi connectivity index (χ3n) is 6.88. The smallest absolute Gasteiger partial charge is 0.335 e. The van der Waals surface area contributed by atoms with E-state index in [9.17, 15) is 24.3 Å². The molecule has 0 spiro atoms. The van der Waals surface area contributed by atoms with Crippen molar-refractivity contribution >= 4 is 29.4 Å². The third kappa shape index (κ3) is 5.32. The highest BCUT2D eigenvalue weighted by molar-refractivity contribution is 6.34. The van der Waals surface area contributed by atoms with Crippen LogP contribution in [0.15, 0.2) is 103 Å². The number of nitrogens with zero attached hydrogens (tertiary/aromatic N) is 3. The fourth-order valence-electron chi connectivity index (χ4n) is 4.65. The summed E-state index contributed by atoms with van der Waals surface area (Å²) in [6.45, 7) is 0.146. The average molecular weight is 572 g/mol. The van der Waals surface area contributed by atoms with Gasteiger partial charge in [-0.15, -0.1) is 0 Å². The number of benzene rings is 4. The zero-order chi connectivity index (χ0) is 30.1. The second-order valence-corrected chi connectivity index (χ2v) is 9.63. The largest absolute Gasteiger partial charge is 0.478 e. The number of carboxylic acids is 2. The fourth-order valence-corrected chi connectivity index (χ4v) is 4.65. The van der Waals surface area contributed by atoms with E-state index in [1.54, 1.807) is 42.5 Å². The number of carboxylic acid groups (broad SMARTS) is 2. The fraction of sp³-hybridized carbons (Fsp3) is 0.0303. The van der Waals surface area contributed by atoms with Crippen molar-refractivity contribution in [3.05, 3.63) is 131 Å². The van der Waals surface area contributed by atoms with Gasteiger partial charge in [0, 0.05) is 17.2 Å². The van der Waals surface area contributed by atoms with E-state index in [0.717, 1.165) is 16.0 Å². The molecule has 4 aromatic carbocycles. The minimum atomic E-state index is -1.19. The van der Waals surface area contributed by atoms with E-state index in [4.69, 9.17) is 14.8 Å². The van der Waals surface area contributed by atoms with Gasteiger partial charge >= 0.3 is 11.9 Å². The van der Waals surface area contributed by atoms with Gasteiger partial charge in [0.25, 0.3) is 11.8 Å². The van der Waals surface area contributed by atoms with Crippen LogP contribution in [0.1, 0.15) is 47.0 Å². The Labute approximate surface area is 244 Å². The molecule has 0 aliphatic carbocycles. The molecular formula is C33H21N3O7.